The highest BCUT2D eigenvalue weighted by Gasteiger charge is 2.49. The van der Waals surface area contributed by atoms with Crippen LogP contribution in [0.25, 0.3) is 10.9 Å². The number of nitriles is 1. The summed E-state index contributed by atoms with van der Waals surface area (Å²) in [4.78, 5) is 32.0. The topological polar surface area (TPSA) is 110 Å². The van der Waals surface area contributed by atoms with Crippen molar-refractivity contribution in [1.29, 1.82) is 5.26 Å². The number of likely N-dealkylation sites (tertiary alicyclic amines) is 2. The summed E-state index contributed by atoms with van der Waals surface area (Å²) in [5.41, 5.74) is 5.40. The number of amides is 1. The molecule has 3 aliphatic rings. The number of hydrogen-bond acceptors (Lipinski definition) is 5. The van der Waals surface area contributed by atoms with Crippen LogP contribution in [0.3, 0.4) is 0 Å². The minimum absolute atomic E-state index is 0.109. The van der Waals surface area contributed by atoms with Crippen LogP contribution >= 0.6 is 0 Å². The summed E-state index contributed by atoms with van der Waals surface area (Å²) in [6, 6.07) is 14.7. The van der Waals surface area contributed by atoms with E-state index in [0.29, 0.717) is 18.5 Å². The number of aliphatic carboxylic acids is 1. The van der Waals surface area contributed by atoms with E-state index in [0.717, 1.165) is 61.2 Å². The highest BCUT2D eigenvalue weighted by Crippen LogP contribution is 2.56. The predicted molar refractivity (Wildman–Crippen MR) is 151 cm³/mol. The molecule has 3 heterocycles. The van der Waals surface area contributed by atoms with E-state index in [1.165, 1.54) is 10.9 Å². The SMILES string of the molecule is COc1cc(C)c2[nH]ccc2c1CN1CCC2(CC(C#N)C2)C[C@H]1c1ccc(C(=O)N2CC[C@@H](C(=O)O)C2)cc1. The van der Waals surface area contributed by atoms with Crippen LogP contribution < -0.4 is 4.74 Å². The smallest absolute Gasteiger partial charge is 0.308 e. The molecule has 2 atom stereocenters. The molecule has 2 saturated heterocycles. The molecule has 40 heavy (non-hydrogen) atoms. The molecule has 8 nitrogen and oxygen atoms in total. The zero-order chi connectivity index (χ0) is 28.0. The fourth-order valence-electron chi connectivity index (χ4n) is 7.30. The molecule has 1 saturated carbocycles. The number of fused-ring (bicyclic) bond motifs is 1. The molecule has 1 amide bonds. The van der Waals surface area contributed by atoms with Crippen LogP contribution in [-0.2, 0) is 11.3 Å². The van der Waals surface area contributed by atoms with Crippen molar-refractivity contribution in [3.63, 3.8) is 0 Å². The Balaban J connectivity index is 1.28. The molecule has 2 aliphatic heterocycles. The van der Waals surface area contributed by atoms with Crippen molar-refractivity contribution >= 4 is 22.8 Å². The molecular formula is C32H36N4O4. The first-order chi connectivity index (χ1) is 19.3. The number of aromatic amines is 1. The van der Waals surface area contributed by atoms with Gasteiger partial charge in [-0.1, -0.05) is 12.1 Å². The van der Waals surface area contributed by atoms with Gasteiger partial charge in [0.05, 0.1) is 19.1 Å². The van der Waals surface area contributed by atoms with Crippen LogP contribution in [0.1, 0.15) is 65.2 Å². The lowest BCUT2D eigenvalue weighted by Crippen LogP contribution is -2.48. The number of nitrogens with zero attached hydrogens (tertiary/aromatic N) is 3. The molecule has 208 valence electrons. The molecule has 1 spiro atoms. The van der Waals surface area contributed by atoms with Crippen molar-refractivity contribution in [2.24, 2.45) is 17.3 Å². The highest BCUT2D eigenvalue weighted by molar-refractivity contribution is 5.95. The second-order valence-electron chi connectivity index (χ2n) is 12.0. The summed E-state index contributed by atoms with van der Waals surface area (Å²) < 4.78 is 5.85. The predicted octanol–water partition coefficient (Wildman–Crippen LogP) is 5.29. The number of aryl methyl sites for hydroxylation is 1. The molecule has 0 bridgehead atoms. The Bertz CT molecular complexity index is 1480. The van der Waals surface area contributed by atoms with Crippen LogP contribution in [0, 0.1) is 35.5 Å². The first kappa shape index (κ1) is 26.4. The molecule has 8 heteroatoms. The second kappa shape index (κ2) is 10.3. The van der Waals surface area contributed by atoms with Gasteiger partial charge in [-0.2, -0.15) is 5.26 Å². The van der Waals surface area contributed by atoms with E-state index in [4.69, 9.17) is 4.74 Å². The Morgan fingerprint density at radius 3 is 2.62 bits per heavy atom. The lowest BCUT2D eigenvalue weighted by Gasteiger charge is -2.53. The van der Waals surface area contributed by atoms with Crippen LogP contribution in [0.4, 0.5) is 0 Å². The molecule has 3 aromatic rings. The summed E-state index contributed by atoms with van der Waals surface area (Å²) in [7, 11) is 1.73. The number of carboxylic acid groups (broad SMARTS) is 1. The third-order valence-corrected chi connectivity index (χ3v) is 9.60. The van der Waals surface area contributed by atoms with E-state index in [1.54, 1.807) is 12.0 Å². The molecule has 1 aromatic heterocycles. The third kappa shape index (κ3) is 4.62. The molecule has 2 aromatic carbocycles. The molecule has 1 aliphatic carbocycles. The van der Waals surface area contributed by atoms with Gasteiger partial charge in [-0.3, -0.25) is 14.5 Å². The number of rotatable bonds is 6. The Morgan fingerprint density at radius 2 is 1.95 bits per heavy atom. The number of carbonyl (C=O) groups excluding carboxylic acids is 1. The fraction of sp³-hybridized carbons (Fsp3) is 0.469. The van der Waals surface area contributed by atoms with Gasteiger partial charge in [0, 0.05) is 59.8 Å². The van der Waals surface area contributed by atoms with Gasteiger partial charge < -0.3 is 19.7 Å². The van der Waals surface area contributed by atoms with E-state index < -0.39 is 11.9 Å². The number of H-pyrrole nitrogens is 1. The summed E-state index contributed by atoms with van der Waals surface area (Å²) in [6.45, 7) is 4.50. The van der Waals surface area contributed by atoms with Crippen molar-refractivity contribution in [1.82, 2.24) is 14.8 Å². The quantitative estimate of drug-likeness (QED) is 0.440. The Morgan fingerprint density at radius 1 is 1.18 bits per heavy atom. The maximum absolute atomic E-state index is 13.1. The number of piperidine rings is 1. The van der Waals surface area contributed by atoms with Crippen molar-refractivity contribution in [3.8, 4) is 11.8 Å². The minimum atomic E-state index is -0.839. The van der Waals surface area contributed by atoms with E-state index in [2.05, 4.69) is 47.1 Å². The number of benzene rings is 2. The average Bonchev–Trinajstić information content (AvgIpc) is 3.64. The van der Waals surface area contributed by atoms with E-state index in [9.17, 15) is 20.0 Å². The summed E-state index contributed by atoms with van der Waals surface area (Å²) in [5, 5.41) is 20.0. The van der Waals surface area contributed by atoms with Gasteiger partial charge in [0.15, 0.2) is 0 Å². The normalized spacial score (nSPS) is 26.5. The Hall–Kier alpha value is -3.83. The zero-order valence-electron chi connectivity index (χ0n) is 23.2. The number of methoxy groups -OCH3 is 1. The summed E-state index contributed by atoms with van der Waals surface area (Å²) in [5.74, 6) is -0.390. The second-order valence-corrected chi connectivity index (χ2v) is 12.0. The standard InChI is InChI=1S/C32H36N4O4/c1-20-13-28(40-2)26(25-7-10-34-29(20)25)19-35-12-9-32(14-21(15-32)17-33)16-27(35)22-3-5-23(6-4-22)30(37)36-11-8-24(18-36)31(38)39/h3-7,10,13,21,24,27,34H,8-9,11-12,14-16,18-19H2,1-2H3,(H,38,39)/t21?,24-,27+,32?/m1/s1. The van der Waals surface area contributed by atoms with Gasteiger partial charge in [0.25, 0.3) is 5.91 Å². The highest BCUT2D eigenvalue weighted by atomic mass is 16.5. The number of aromatic nitrogens is 1. The lowest BCUT2D eigenvalue weighted by molar-refractivity contribution is -0.141. The molecular weight excluding hydrogens is 504 g/mol. The lowest BCUT2D eigenvalue weighted by atomic mass is 9.56. The van der Waals surface area contributed by atoms with Gasteiger partial charge >= 0.3 is 5.97 Å². The summed E-state index contributed by atoms with van der Waals surface area (Å²) >= 11 is 0. The largest absolute Gasteiger partial charge is 0.496 e. The van der Waals surface area contributed by atoms with Gasteiger partial charge in [-0.25, -0.2) is 0 Å². The van der Waals surface area contributed by atoms with E-state index in [-0.39, 0.29) is 29.8 Å². The maximum Gasteiger partial charge on any atom is 0.308 e. The van der Waals surface area contributed by atoms with Crippen LogP contribution in [0.2, 0.25) is 0 Å². The molecule has 3 fully saturated rings. The summed E-state index contributed by atoms with van der Waals surface area (Å²) in [6.07, 6.45) is 6.45. The first-order valence-corrected chi connectivity index (χ1v) is 14.2. The zero-order valence-corrected chi connectivity index (χ0v) is 23.2. The van der Waals surface area contributed by atoms with Crippen LogP contribution in [-0.4, -0.2) is 58.5 Å². The van der Waals surface area contributed by atoms with Gasteiger partial charge in [0.1, 0.15) is 5.75 Å². The maximum atomic E-state index is 13.1. The number of carbonyl (C=O) groups is 2. The number of carboxylic acids is 1. The monoisotopic (exact) mass is 540 g/mol. The molecule has 6 rings (SSSR count). The Kier molecular flexibility index (Phi) is 6.79. The fourth-order valence-corrected chi connectivity index (χ4v) is 7.30. The minimum Gasteiger partial charge on any atom is -0.496 e. The van der Waals surface area contributed by atoms with Crippen molar-refractivity contribution < 1.29 is 19.4 Å². The molecule has 2 N–H and O–H groups in total. The van der Waals surface area contributed by atoms with E-state index >= 15 is 0 Å². The molecule has 0 radical (unpaired) electrons. The average molecular weight is 541 g/mol. The number of nitrogens with one attached hydrogen (secondary N) is 1. The van der Waals surface area contributed by atoms with Gasteiger partial charge in [0.2, 0.25) is 0 Å². The molecule has 0 unspecified atom stereocenters. The van der Waals surface area contributed by atoms with Crippen molar-refractivity contribution in [3.05, 3.63) is 64.8 Å². The first-order valence-electron chi connectivity index (χ1n) is 14.2. The van der Waals surface area contributed by atoms with Crippen LogP contribution in [0.15, 0.2) is 42.6 Å². The van der Waals surface area contributed by atoms with Crippen molar-refractivity contribution in [2.75, 3.05) is 26.7 Å². The van der Waals surface area contributed by atoms with Gasteiger partial charge in [-0.05, 0) is 86.4 Å². The Labute approximate surface area is 234 Å². The number of hydrogen-bond donors (Lipinski definition) is 2. The third-order valence-electron chi connectivity index (χ3n) is 9.60. The van der Waals surface area contributed by atoms with Crippen LogP contribution in [0.5, 0.6) is 5.75 Å². The number of ether oxygens (including phenoxy) is 1. The van der Waals surface area contributed by atoms with Crippen molar-refractivity contribution in [2.45, 2.75) is 51.6 Å². The van der Waals surface area contributed by atoms with E-state index in [1.807, 2.05) is 18.3 Å². The van der Waals surface area contributed by atoms with Gasteiger partial charge in [-0.15, -0.1) is 0 Å².